The molecule has 0 saturated carbocycles. The number of carbonyl (C=O) groups excluding carboxylic acids is 1. The molecule has 1 aromatic rings. The first-order valence-electron chi connectivity index (χ1n) is 5.73. The van der Waals surface area contributed by atoms with Gasteiger partial charge in [-0.05, 0) is 37.1 Å². The van der Waals surface area contributed by atoms with E-state index in [4.69, 9.17) is 4.74 Å². The van der Waals surface area contributed by atoms with Crippen LogP contribution in [0.2, 0.25) is 0 Å². The quantitative estimate of drug-likeness (QED) is 0.775. The van der Waals surface area contributed by atoms with Crippen LogP contribution in [0.15, 0.2) is 24.3 Å². The van der Waals surface area contributed by atoms with Crippen LogP contribution in [0, 0.1) is 0 Å². The van der Waals surface area contributed by atoms with Crippen LogP contribution in [0.4, 0.5) is 0 Å². The Morgan fingerprint density at radius 3 is 3.00 bits per heavy atom. The summed E-state index contributed by atoms with van der Waals surface area (Å²) in [5.41, 5.74) is 1.81. The second kappa shape index (κ2) is 5.12. The number of esters is 1. The van der Waals surface area contributed by atoms with Crippen molar-refractivity contribution >= 4 is 5.97 Å². The number of ether oxygens (including phenoxy) is 1. The van der Waals surface area contributed by atoms with E-state index in [0.717, 1.165) is 13.0 Å². The molecule has 0 radical (unpaired) electrons. The van der Waals surface area contributed by atoms with Crippen molar-refractivity contribution in [1.29, 1.82) is 0 Å². The van der Waals surface area contributed by atoms with Crippen LogP contribution >= 0.6 is 0 Å². The highest BCUT2D eigenvalue weighted by atomic mass is 16.5. The first-order valence-corrected chi connectivity index (χ1v) is 5.73. The fourth-order valence-corrected chi connectivity index (χ4v) is 2.14. The lowest BCUT2D eigenvalue weighted by molar-refractivity contribution is 0.0600. The first-order chi connectivity index (χ1) is 7.81. The number of methoxy groups -OCH3 is 1. The number of rotatable bonds is 2. The summed E-state index contributed by atoms with van der Waals surface area (Å²) in [5, 5.41) is 3.47. The third-order valence-electron chi connectivity index (χ3n) is 3.02. The van der Waals surface area contributed by atoms with Crippen LogP contribution in [-0.4, -0.2) is 19.6 Å². The predicted molar refractivity (Wildman–Crippen MR) is 62.4 cm³/mol. The van der Waals surface area contributed by atoms with E-state index in [1.807, 2.05) is 12.1 Å². The van der Waals surface area contributed by atoms with Gasteiger partial charge in [-0.3, -0.25) is 0 Å². The first kappa shape index (κ1) is 11.1. The molecule has 1 aromatic carbocycles. The topological polar surface area (TPSA) is 38.3 Å². The third kappa shape index (κ3) is 2.42. The zero-order chi connectivity index (χ0) is 11.4. The number of piperidine rings is 1. The molecule has 0 amide bonds. The summed E-state index contributed by atoms with van der Waals surface area (Å²) in [5.74, 6) is -0.266. The van der Waals surface area contributed by atoms with Crippen LogP contribution in [0.3, 0.4) is 0 Å². The predicted octanol–water partition coefficient (Wildman–Crippen LogP) is 2.29. The van der Waals surface area contributed by atoms with Gasteiger partial charge in [-0.25, -0.2) is 4.79 Å². The molecule has 1 aliphatic heterocycles. The molecule has 2 rings (SSSR count). The molecule has 3 nitrogen and oxygen atoms in total. The summed E-state index contributed by atoms with van der Waals surface area (Å²) in [6.45, 7) is 1.06. The van der Waals surface area contributed by atoms with Gasteiger partial charge in [0.15, 0.2) is 0 Å². The molecule has 86 valence electrons. The monoisotopic (exact) mass is 219 g/mol. The summed E-state index contributed by atoms with van der Waals surface area (Å²) < 4.78 is 4.72. The molecule has 1 N–H and O–H groups in total. The van der Waals surface area contributed by atoms with Gasteiger partial charge in [0.25, 0.3) is 0 Å². The number of nitrogens with one attached hydrogen (secondary N) is 1. The van der Waals surface area contributed by atoms with Crippen molar-refractivity contribution in [3.8, 4) is 0 Å². The summed E-state index contributed by atoms with van der Waals surface area (Å²) in [6.07, 6.45) is 3.64. The molecular weight excluding hydrogens is 202 g/mol. The van der Waals surface area contributed by atoms with Gasteiger partial charge in [0, 0.05) is 6.04 Å². The van der Waals surface area contributed by atoms with E-state index in [9.17, 15) is 4.79 Å². The molecule has 1 heterocycles. The second-order valence-electron chi connectivity index (χ2n) is 4.12. The molecule has 1 fully saturated rings. The molecule has 0 spiro atoms. The molecule has 0 aliphatic carbocycles. The van der Waals surface area contributed by atoms with Crippen LogP contribution < -0.4 is 5.32 Å². The molecular formula is C13H17NO2. The molecule has 0 unspecified atom stereocenters. The van der Waals surface area contributed by atoms with Crippen LogP contribution in [0.25, 0.3) is 0 Å². The van der Waals surface area contributed by atoms with Gasteiger partial charge in [0.2, 0.25) is 0 Å². The van der Waals surface area contributed by atoms with E-state index < -0.39 is 0 Å². The van der Waals surface area contributed by atoms with E-state index in [1.165, 1.54) is 25.5 Å². The highest BCUT2D eigenvalue weighted by Crippen LogP contribution is 2.23. The SMILES string of the molecule is COC(=O)c1cccc([C@@H]2CCCCN2)c1. The average Bonchev–Trinajstić information content (AvgIpc) is 2.39. The zero-order valence-electron chi connectivity index (χ0n) is 9.53. The van der Waals surface area contributed by atoms with Crippen molar-refractivity contribution in [2.24, 2.45) is 0 Å². The van der Waals surface area contributed by atoms with Crippen molar-refractivity contribution < 1.29 is 9.53 Å². The zero-order valence-corrected chi connectivity index (χ0v) is 9.53. The van der Waals surface area contributed by atoms with Gasteiger partial charge in [0.1, 0.15) is 0 Å². The summed E-state index contributed by atoms with van der Waals surface area (Å²) in [4.78, 5) is 11.4. The standard InChI is InChI=1S/C13H17NO2/c1-16-13(15)11-6-4-5-10(9-11)12-7-2-3-8-14-12/h4-6,9,12,14H,2-3,7-8H2,1H3/t12-/m0/s1. The second-order valence-corrected chi connectivity index (χ2v) is 4.12. The molecule has 16 heavy (non-hydrogen) atoms. The maximum absolute atomic E-state index is 11.4. The largest absolute Gasteiger partial charge is 0.465 e. The number of hydrogen-bond donors (Lipinski definition) is 1. The lowest BCUT2D eigenvalue weighted by atomic mass is 9.96. The van der Waals surface area contributed by atoms with Crippen molar-refractivity contribution in [3.05, 3.63) is 35.4 Å². The summed E-state index contributed by atoms with van der Waals surface area (Å²) in [7, 11) is 1.41. The Morgan fingerprint density at radius 1 is 1.44 bits per heavy atom. The lowest BCUT2D eigenvalue weighted by Crippen LogP contribution is -2.26. The Balaban J connectivity index is 2.17. The van der Waals surface area contributed by atoms with Gasteiger partial charge < -0.3 is 10.1 Å². The smallest absolute Gasteiger partial charge is 0.337 e. The van der Waals surface area contributed by atoms with Gasteiger partial charge in [-0.1, -0.05) is 18.6 Å². The Morgan fingerprint density at radius 2 is 2.31 bits per heavy atom. The van der Waals surface area contributed by atoms with Crippen LogP contribution in [0.5, 0.6) is 0 Å². The van der Waals surface area contributed by atoms with Crippen LogP contribution in [0.1, 0.15) is 41.2 Å². The van der Waals surface area contributed by atoms with Crippen molar-refractivity contribution in [2.45, 2.75) is 25.3 Å². The maximum Gasteiger partial charge on any atom is 0.337 e. The normalized spacial score (nSPS) is 20.4. The van der Waals surface area contributed by atoms with E-state index in [-0.39, 0.29) is 5.97 Å². The summed E-state index contributed by atoms with van der Waals surface area (Å²) in [6, 6.07) is 8.08. The minimum atomic E-state index is -0.266. The molecule has 0 aromatic heterocycles. The average molecular weight is 219 g/mol. The van der Waals surface area contributed by atoms with Gasteiger partial charge in [-0.15, -0.1) is 0 Å². The molecule has 3 heteroatoms. The van der Waals surface area contributed by atoms with Gasteiger partial charge in [-0.2, -0.15) is 0 Å². The third-order valence-corrected chi connectivity index (χ3v) is 3.02. The van der Waals surface area contributed by atoms with Crippen molar-refractivity contribution in [2.75, 3.05) is 13.7 Å². The molecule has 1 aliphatic rings. The number of carbonyl (C=O) groups is 1. The number of hydrogen-bond acceptors (Lipinski definition) is 3. The van der Waals surface area contributed by atoms with Gasteiger partial charge >= 0.3 is 5.97 Å². The Bertz CT molecular complexity index is 370. The van der Waals surface area contributed by atoms with Crippen molar-refractivity contribution in [3.63, 3.8) is 0 Å². The Hall–Kier alpha value is -1.35. The Labute approximate surface area is 95.8 Å². The molecule has 0 bridgehead atoms. The van der Waals surface area contributed by atoms with Crippen LogP contribution in [-0.2, 0) is 4.74 Å². The minimum Gasteiger partial charge on any atom is -0.465 e. The fourth-order valence-electron chi connectivity index (χ4n) is 2.14. The van der Waals surface area contributed by atoms with E-state index >= 15 is 0 Å². The lowest BCUT2D eigenvalue weighted by Gasteiger charge is -2.24. The van der Waals surface area contributed by atoms with E-state index in [0.29, 0.717) is 11.6 Å². The highest BCUT2D eigenvalue weighted by molar-refractivity contribution is 5.89. The summed E-state index contributed by atoms with van der Waals surface area (Å²) >= 11 is 0. The molecule has 1 atom stereocenters. The van der Waals surface area contributed by atoms with Crippen molar-refractivity contribution in [1.82, 2.24) is 5.32 Å². The van der Waals surface area contributed by atoms with Gasteiger partial charge in [0.05, 0.1) is 12.7 Å². The Kier molecular flexibility index (Phi) is 3.57. The van der Waals surface area contributed by atoms with E-state index in [2.05, 4.69) is 11.4 Å². The minimum absolute atomic E-state index is 0.266. The highest BCUT2D eigenvalue weighted by Gasteiger charge is 2.15. The fraction of sp³-hybridized carbons (Fsp3) is 0.462. The molecule has 1 saturated heterocycles. The van der Waals surface area contributed by atoms with E-state index in [1.54, 1.807) is 6.07 Å². The number of benzene rings is 1. The maximum atomic E-state index is 11.4.